The number of carbonyl (C=O) groups is 1. The van der Waals surface area contributed by atoms with E-state index < -0.39 is 11.8 Å². The van der Waals surface area contributed by atoms with Crippen molar-refractivity contribution < 1.29 is 18.7 Å². The first-order valence-corrected chi connectivity index (χ1v) is 6.49. The molecule has 2 rings (SSSR count). The van der Waals surface area contributed by atoms with Gasteiger partial charge in [-0.2, -0.15) is 0 Å². The average Bonchev–Trinajstić information content (AvgIpc) is 3.19. The van der Waals surface area contributed by atoms with Crippen molar-refractivity contribution in [3.8, 4) is 5.75 Å². The fraction of sp³-hybridized carbons (Fsp3) is 0.500. The summed E-state index contributed by atoms with van der Waals surface area (Å²) in [5.41, 5.74) is 0.868. The minimum Gasteiger partial charge on any atom is -0.479 e. The molecule has 0 spiro atoms. The van der Waals surface area contributed by atoms with Gasteiger partial charge in [0.05, 0.1) is 6.61 Å². The smallest absolute Gasteiger partial charge is 0.344 e. The van der Waals surface area contributed by atoms with E-state index >= 15 is 0 Å². The van der Waals surface area contributed by atoms with E-state index in [1.807, 2.05) is 0 Å². The van der Waals surface area contributed by atoms with Gasteiger partial charge in [-0.05, 0) is 37.5 Å². The fourth-order valence-electron chi connectivity index (χ4n) is 1.66. The van der Waals surface area contributed by atoms with Gasteiger partial charge in [0.2, 0.25) is 0 Å². The van der Waals surface area contributed by atoms with Crippen LogP contribution in [0.15, 0.2) is 18.2 Å². The second-order valence-corrected chi connectivity index (χ2v) is 4.51. The number of hydrogen-bond donors (Lipinski definition) is 1. The summed E-state index contributed by atoms with van der Waals surface area (Å²) >= 11 is 0. The number of nitrogens with one attached hydrogen (secondary N) is 1. The van der Waals surface area contributed by atoms with Crippen LogP contribution in [0.5, 0.6) is 5.75 Å². The summed E-state index contributed by atoms with van der Waals surface area (Å²) in [7, 11) is 0. The van der Waals surface area contributed by atoms with E-state index in [0.717, 1.165) is 5.56 Å². The third kappa shape index (κ3) is 4.52. The average molecular weight is 267 g/mol. The molecule has 0 radical (unpaired) electrons. The van der Waals surface area contributed by atoms with Gasteiger partial charge in [0.25, 0.3) is 0 Å². The molecule has 104 valence electrons. The van der Waals surface area contributed by atoms with Gasteiger partial charge in [-0.3, -0.25) is 0 Å². The number of ether oxygens (including phenoxy) is 2. The van der Waals surface area contributed by atoms with E-state index in [0.29, 0.717) is 12.6 Å². The van der Waals surface area contributed by atoms with E-state index in [4.69, 9.17) is 9.47 Å². The Bertz CT molecular complexity index is 446. The molecule has 0 aromatic heterocycles. The van der Waals surface area contributed by atoms with Gasteiger partial charge in [0.1, 0.15) is 0 Å². The Labute approximate surface area is 111 Å². The Kier molecular flexibility index (Phi) is 4.74. The second-order valence-electron chi connectivity index (χ2n) is 4.51. The minimum absolute atomic E-state index is 0.0724. The molecule has 1 aromatic carbocycles. The summed E-state index contributed by atoms with van der Waals surface area (Å²) in [4.78, 5) is 11.1. The third-order valence-electron chi connectivity index (χ3n) is 2.82. The standard InChI is InChI=1S/C14H18FNO3/c1-2-18-14(17)9-19-13-6-3-10(7-12(13)15)8-16-11-4-5-11/h3,6-7,11,16H,2,4-5,8-9H2,1H3. The highest BCUT2D eigenvalue weighted by Gasteiger charge is 2.20. The molecular formula is C14H18FNO3. The monoisotopic (exact) mass is 267 g/mol. The molecular weight excluding hydrogens is 249 g/mol. The molecule has 0 amide bonds. The van der Waals surface area contributed by atoms with Gasteiger partial charge in [-0.15, -0.1) is 0 Å². The van der Waals surface area contributed by atoms with Crippen molar-refractivity contribution >= 4 is 5.97 Å². The first-order chi connectivity index (χ1) is 9.19. The van der Waals surface area contributed by atoms with Crippen LogP contribution in [-0.2, 0) is 16.1 Å². The predicted octanol–water partition coefficient (Wildman–Crippen LogP) is 2.02. The molecule has 4 nitrogen and oxygen atoms in total. The quantitative estimate of drug-likeness (QED) is 0.768. The van der Waals surface area contributed by atoms with Gasteiger partial charge >= 0.3 is 5.97 Å². The van der Waals surface area contributed by atoms with Crippen LogP contribution in [-0.4, -0.2) is 25.2 Å². The van der Waals surface area contributed by atoms with Crippen LogP contribution < -0.4 is 10.1 Å². The van der Waals surface area contributed by atoms with Gasteiger partial charge in [-0.25, -0.2) is 9.18 Å². The lowest BCUT2D eigenvalue weighted by molar-refractivity contribution is -0.145. The summed E-state index contributed by atoms with van der Waals surface area (Å²) < 4.78 is 23.5. The van der Waals surface area contributed by atoms with E-state index in [1.165, 1.54) is 18.9 Å². The Balaban J connectivity index is 1.84. The Hall–Kier alpha value is -1.62. The van der Waals surface area contributed by atoms with E-state index in [-0.39, 0.29) is 19.0 Å². The lowest BCUT2D eigenvalue weighted by atomic mass is 10.2. The summed E-state index contributed by atoms with van der Waals surface area (Å²) in [5, 5.41) is 3.30. The van der Waals surface area contributed by atoms with Gasteiger partial charge in [0.15, 0.2) is 18.2 Å². The van der Waals surface area contributed by atoms with Crippen molar-refractivity contribution in [3.63, 3.8) is 0 Å². The number of carbonyl (C=O) groups excluding carboxylic acids is 1. The number of esters is 1. The Morgan fingerprint density at radius 3 is 2.89 bits per heavy atom. The topological polar surface area (TPSA) is 47.6 Å². The van der Waals surface area contributed by atoms with E-state index in [1.54, 1.807) is 19.1 Å². The SMILES string of the molecule is CCOC(=O)COc1ccc(CNC2CC2)cc1F. The molecule has 1 N–H and O–H groups in total. The molecule has 19 heavy (non-hydrogen) atoms. The molecule has 1 aliphatic carbocycles. The molecule has 1 aliphatic rings. The number of hydrogen-bond acceptors (Lipinski definition) is 4. The zero-order chi connectivity index (χ0) is 13.7. The second kappa shape index (κ2) is 6.52. The van der Waals surface area contributed by atoms with Crippen molar-refractivity contribution in [1.82, 2.24) is 5.32 Å². The molecule has 1 fully saturated rings. The first kappa shape index (κ1) is 13.8. The van der Waals surface area contributed by atoms with Gasteiger partial charge in [-0.1, -0.05) is 6.07 Å². The molecule has 0 bridgehead atoms. The minimum atomic E-state index is -0.499. The molecule has 0 atom stereocenters. The summed E-state index contributed by atoms with van der Waals surface area (Å²) in [6.45, 7) is 2.38. The maximum atomic E-state index is 13.7. The largest absolute Gasteiger partial charge is 0.479 e. The molecule has 1 saturated carbocycles. The van der Waals surface area contributed by atoms with Crippen molar-refractivity contribution in [2.75, 3.05) is 13.2 Å². The van der Waals surface area contributed by atoms with Crippen LogP contribution >= 0.6 is 0 Å². The van der Waals surface area contributed by atoms with Gasteiger partial charge in [0, 0.05) is 12.6 Å². The van der Waals surface area contributed by atoms with Crippen molar-refractivity contribution in [3.05, 3.63) is 29.6 Å². The van der Waals surface area contributed by atoms with Crippen molar-refractivity contribution in [2.45, 2.75) is 32.4 Å². The van der Waals surface area contributed by atoms with Crippen LogP contribution in [0.3, 0.4) is 0 Å². The highest BCUT2D eigenvalue weighted by Crippen LogP contribution is 2.21. The molecule has 5 heteroatoms. The fourth-order valence-corrected chi connectivity index (χ4v) is 1.66. The van der Waals surface area contributed by atoms with Crippen LogP contribution in [0.4, 0.5) is 4.39 Å². The van der Waals surface area contributed by atoms with Crippen LogP contribution in [0.25, 0.3) is 0 Å². The zero-order valence-corrected chi connectivity index (χ0v) is 10.9. The van der Waals surface area contributed by atoms with Crippen LogP contribution in [0.2, 0.25) is 0 Å². The highest BCUT2D eigenvalue weighted by atomic mass is 19.1. The molecule has 0 heterocycles. The van der Waals surface area contributed by atoms with Crippen molar-refractivity contribution in [2.24, 2.45) is 0 Å². The summed E-state index contributed by atoms with van der Waals surface area (Å²) in [6.07, 6.45) is 2.40. The Morgan fingerprint density at radius 2 is 2.26 bits per heavy atom. The maximum Gasteiger partial charge on any atom is 0.344 e. The van der Waals surface area contributed by atoms with Crippen LogP contribution in [0.1, 0.15) is 25.3 Å². The molecule has 0 unspecified atom stereocenters. The predicted molar refractivity (Wildman–Crippen MR) is 68.4 cm³/mol. The molecule has 1 aromatic rings. The van der Waals surface area contributed by atoms with Crippen molar-refractivity contribution in [1.29, 1.82) is 0 Å². The number of benzene rings is 1. The number of rotatable bonds is 7. The van der Waals surface area contributed by atoms with E-state index in [9.17, 15) is 9.18 Å². The Morgan fingerprint density at radius 1 is 1.47 bits per heavy atom. The lowest BCUT2D eigenvalue weighted by Crippen LogP contribution is -2.16. The van der Waals surface area contributed by atoms with Crippen LogP contribution in [0, 0.1) is 5.82 Å². The summed E-state index contributed by atoms with van der Waals surface area (Å²) in [5.74, 6) is -0.885. The first-order valence-electron chi connectivity index (χ1n) is 6.49. The number of halogens is 1. The molecule has 0 saturated heterocycles. The third-order valence-corrected chi connectivity index (χ3v) is 2.82. The molecule has 0 aliphatic heterocycles. The van der Waals surface area contributed by atoms with E-state index in [2.05, 4.69) is 5.32 Å². The van der Waals surface area contributed by atoms with Gasteiger partial charge < -0.3 is 14.8 Å². The lowest BCUT2D eigenvalue weighted by Gasteiger charge is -2.08. The maximum absolute atomic E-state index is 13.7. The highest BCUT2D eigenvalue weighted by molar-refractivity contribution is 5.71. The summed E-state index contributed by atoms with van der Waals surface area (Å²) in [6, 6.07) is 5.34. The zero-order valence-electron chi connectivity index (χ0n) is 10.9. The normalized spacial score (nSPS) is 14.2.